The number of hydrogen-bond donors (Lipinski definition) is 0. The van der Waals surface area contributed by atoms with Crippen LogP contribution in [0, 0.1) is 5.41 Å². The lowest BCUT2D eigenvalue weighted by Crippen LogP contribution is -2.40. The molecule has 0 aromatic heterocycles. The molecular weight excluding hydrogens is 240 g/mol. The van der Waals surface area contributed by atoms with Gasteiger partial charge in [0, 0.05) is 45.2 Å². The first-order chi connectivity index (χ1) is 8.96. The van der Waals surface area contributed by atoms with Crippen LogP contribution in [0.15, 0.2) is 0 Å². The van der Waals surface area contributed by atoms with Gasteiger partial charge in [0.1, 0.15) is 0 Å². The molecule has 0 saturated carbocycles. The molecule has 1 amide bonds. The van der Waals surface area contributed by atoms with Crippen molar-refractivity contribution in [3.63, 3.8) is 0 Å². The summed E-state index contributed by atoms with van der Waals surface area (Å²) in [5.74, 6) is 0.317. The summed E-state index contributed by atoms with van der Waals surface area (Å²) >= 11 is 0. The van der Waals surface area contributed by atoms with Crippen LogP contribution in [0.5, 0.6) is 0 Å². The first kappa shape index (κ1) is 14.8. The van der Waals surface area contributed by atoms with E-state index in [1.165, 1.54) is 0 Å². The van der Waals surface area contributed by atoms with Crippen LogP contribution in [0.2, 0.25) is 0 Å². The Labute approximate surface area is 117 Å². The minimum atomic E-state index is 0.0857. The molecule has 2 heterocycles. The third-order valence-electron chi connectivity index (χ3n) is 3.99. The zero-order chi connectivity index (χ0) is 13.9. The van der Waals surface area contributed by atoms with E-state index in [2.05, 4.69) is 30.6 Å². The first-order valence-corrected chi connectivity index (χ1v) is 7.55. The summed E-state index contributed by atoms with van der Waals surface area (Å²) in [4.78, 5) is 16.8. The first-order valence-electron chi connectivity index (χ1n) is 7.55. The molecule has 1 unspecified atom stereocenters. The Morgan fingerprint density at radius 3 is 2.63 bits per heavy atom. The molecule has 0 aromatic rings. The summed E-state index contributed by atoms with van der Waals surface area (Å²) in [6, 6.07) is 0.581. The molecule has 4 nitrogen and oxygen atoms in total. The van der Waals surface area contributed by atoms with E-state index >= 15 is 0 Å². The molecule has 19 heavy (non-hydrogen) atoms. The van der Waals surface area contributed by atoms with Crippen LogP contribution >= 0.6 is 0 Å². The third kappa shape index (κ3) is 4.46. The van der Waals surface area contributed by atoms with E-state index in [4.69, 9.17) is 4.74 Å². The van der Waals surface area contributed by atoms with Gasteiger partial charge in [-0.3, -0.25) is 9.69 Å². The highest BCUT2D eigenvalue weighted by molar-refractivity contribution is 5.76. The van der Waals surface area contributed by atoms with E-state index in [0.29, 0.717) is 18.4 Å². The second kappa shape index (κ2) is 6.23. The largest absolute Gasteiger partial charge is 0.380 e. The maximum absolute atomic E-state index is 12.3. The van der Waals surface area contributed by atoms with Crippen molar-refractivity contribution in [2.75, 3.05) is 39.4 Å². The van der Waals surface area contributed by atoms with Gasteiger partial charge < -0.3 is 9.64 Å². The second-order valence-corrected chi connectivity index (χ2v) is 7.03. The van der Waals surface area contributed by atoms with Gasteiger partial charge in [-0.15, -0.1) is 0 Å². The van der Waals surface area contributed by atoms with Gasteiger partial charge in [-0.25, -0.2) is 0 Å². The molecule has 0 N–H and O–H groups in total. The van der Waals surface area contributed by atoms with Crippen molar-refractivity contribution in [3.05, 3.63) is 0 Å². The van der Waals surface area contributed by atoms with E-state index in [1.54, 1.807) is 0 Å². The van der Waals surface area contributed by atoms with Gasteiger partial charge in [0.2, 0.25) is 5.91 Å². The summed E-state index contributed by atoms with van der Waals surface area (Å²) in [7, 11) is 0. The molecule has 1 atom stereocenters. The zero-order valence-electron chi connectivity index (χ0n) is 12.7. The van der Waals surface area contributed by atoms with Gasteiger partial charge in [-0.1, -0.05) is 20.8 Å². The topological polar surface area (TPSA) is 32.8 Å². The molecule has 2 aliphatic heterocycles. The van der Waals surface area contributed by atoms with Crippen molar-refractivity contribution in [2.45, 2.75) is 46.1 Å². The van der Waals surface area contributed by atoms with Gasteiger partial charge in [0.25, 0.3) is 0 Å². The molecule has 4 heteroatoms. The lowest BCUT2D eigenvalue weighted by atomic mass is 9.91. The van der Waals surface area contributed by atoms with E-state index in [1.807, 2.05) is 0 Å². The normalized spacial score (nSPS) is 26.5. The van der Waals surface area contributed by atoms with Gasteiger partial charge in [0.05, 0.1) is 6.61 Å². The summed E-state index contributed by atoms with van der Waals surface area (Å²) < 4.78 is 5.47. The molecular formula is C15H28N2O2. The predicted octanol–water partition coefficient (Wildman–Crippen LogP) is 1.75. The highest BCUT2D eigenvalue weighted by Crippen LogP contribution is 2.21. The Kier molecular flexibility index (Phi) is 4.85. The molecule has 0 aliphatic carbocycles. The Morgan fingerprint density at radius 2 is 2.00 bits per heavy atom. The average molecular weight is 268 g/mol. The second-order valence-electron chi connectivity index (χ2n) is 7.03. The highest BCUT2D eigenvalue weighted by Gasteiger charge is 2.27. The number of ether oxygens (including phenoxy) is 1. The van der Waals surface area contributed by atoms with Crippen molar-refractivity contribution in [1.82, 2.24) is 9.80 Å². The van der Waals surface area contributed by atoms with Crippen molar-refractivity contribution in [3.8, 4) is 0 Å². The van der Waals surface area contributed by atoms with E-state index in [0.717, 1.165) is 52.2 Å². The van der Waals surface area contributed by atoms with Crippen LogP contribution in [0.1, 0.15) is 40.0 Å². The molecule has 110 valence electrons. The maximum atomic E-state index is 12.3. The number of amides is 1. The fourth-order valence-corrected chi connectivity index (χ4v) is 2.93. The van der Waals surface area contributed by atoms with Gasteiger partial charge >= 0.3 is 0 Å². The van der Waals surface area contributed by atoms with Crippen molar-refractivity contribution < 1.29 is 9.53 Å². The Hall–Kier alpha value is -0.610. The Morgan fingerprint density at radius 1 is 1.21 bits per heavy atom. The fraction of sp³-hybridized carbons (Fsp3) is 0.933. The lowest BCUT2D eigenvalue weighted by Gasteiger charge is -2.27. The van der Waals surface area contributed by atoms with Crippen LogP contribution in [-0.4, -0.2) is 61.1 Å². The molecule has 0 bridgehead atoms. The van der Waals surface area contributed by atoms with Crippen LogP contribution in [0.25, 0.3) is 0 Å². The molecule has 2 rings (SSSR count). The van der Waals surface area contributed by atoms with Crippen molar-refractivity contribution in [2.24, 2.45) is 5.41 Å². The van der Waals surface area contributed by atoms with E-state index < -0.39 is 0 Å². The fourth-order valence-electron chi connectivity index (χ4n) is 2.93. The predicted molar refractivity (Wildman–Crippen MR) is 76.1 cm³/mol. The van der Waals surface area contributed by atoms with Gasteiger partial charge in [-0.2, -0.15) is 0 Å². The Bertz CT molecular complexity index is 306. The van der Waals surface area contributed by atoms with E-state index in [9.17, 15) is 4.79 Å². The summed E-state index contributed by atoms with van der Waals surface area (Å²) in [6.07, 6.45) is 2.89. The van der Waals surface area contributed by atoms with Crippen LogP contribution in [0.4, 0.5) is 0 Å². The summed E-state index contributed by atoms with van der Waals surface area (Å²) in [5, 5.41) is 0. The quantitative estimate of drug-likeness (QED) is 0.765. The smallest absolute Gasteiger partial charge is 0.223 e. The van der Waals surface area contributed by atoms with Crippen LogP contribution < -0.4 is 0 Å². The number of rotatable bonds is 2. The number of carbonyl (C=O) groups is 1. The molecule has 2 saturated heterocycles. The average Bonchev–Trinajstić information content (AvgIpc) is 2.71. The minimum Gasteiger partial charge on any atom is -0.380 e. The molecule has 0 spiro atoms. The van der Waals surface area contributed by atoms with E-state index in [-0.39, 0.29) is 5.41 Å². The minimum absolute atomic E-state index is 0.0857. The Balaban J connectivity index is 1.84. The van der Waals surface area contributed by atoms with Gasteiger partial charge in [0.15, 0.2) is 0 Å². The highest BCUT2D eigenvalue weighted by atomic mass is 16.5. The van der Waals surface area contributed by atoms with Gasteiger partial charge in [-0.05, 0) is 18.3 Å². The summed E-state index contributed by atoms with van der Waals surface area (Å²) in [5.41, 5.74) is 0.0857. The van der Waals surface area contributed by atoms with Crippen molar-refractivity contribution in [1.29, 1.82) is 0 Å². The van der Waals surface area contributed by atoms with Crippen molar-refractivity contribution >= 4 is 5.91 Å². The molecule has 2 fully saturated rings. The maximum Gasteiger partial charge on any atom is 0.223 e. The standard InChI is InChI=1S/C15H28N2O2/c1-15(2,3)11-14(18)17-7-4-6-16(8-9-17)13-5-10-19-12-13/h13H,4-12H2,1-3H3. The number of nitrogens with zero attached hydrogens (tertiary/aromatic N) is 2. The van der Waals surface area contributed by atoms with Crippen LogP contribution in [0.3, 0.4) is 0 Å². The van der Waals surface area contributed by atoms with Crippen LogP contribution in [-0.2, 0) is 9.53 Å². The SMILES string of the molecule is CC(C)(C)CC(=O)N1CCCN(C2CCOC2)CC1. The zero-order valence-corrected chi connectivity index (χ0v) is 12.7. The lowest BCUT2D eigenvalue weighted by molar-refractivity contribution is -0.133. The number of carbonyl (C=O) groups excluding carboxylic acids is 1. The molecule has 0 aromatic carbocycles. The third-order valence-corrected chi connectivity index (χ3v) is 3.99. The monoisotopic (exact) mass is 268 g/mol. The number of hydrogen-bond acceptors (Lipinski definition) is 3. The summed E-state index contributed by atoms with van der Waals surface area (Å²) in [6.45, 7) is 12.1. The molecule has 0 radical (unpaired) electrons. The molecule has 2 aliphatic rings.